The van der Waals surface area contributed by atoms with Crippen LogP contribution in [0.5, 0.6) is 0 Å². The van der Waals surface area contributed by atoms with Crippen molar-refractivity contribution in [1.29, 1.82) is 0 Å². The first-order valence-corrected chi connectivity index (χ1v) is 6.62. The second-order valence-electron chi connectivity index (χ2n) is 3.82. The molecule has 2 rings (SSSR count). The van der Waals surface area contributed by atoms with Gasteiger partial charge in [-0.1, -0.05) is 41.6 Å². The maximum absolute atomic E-state index is 5.97. The molecule has 0 unspecified atom stereocenters. The van der Waals surface area contributed by atoms with E-state index in [-0.39, 0.29) is 0 Å². The van der Waals surface area contributed by atoms with Crippen LogP contribution in [0.4, 0.5) is 0 Å². The van der Waals surface area contributed by atoms with Gasteiger partial charge in [0.15, 0.2) is 0 Å². The van der Waals surface area contributed by atoms with E-state index >= 15 is 0 Å². The predicted molar refractivity (Wildman–Crippen MR) is 74.6 cm³/mol. The van der Waals surface area contributed by atoms with Gasteiger partial charge in [0, 0.05) is 21.4 Å². The molecule has 0 aliphatic carbocycles. The average Bonchev–Trinajstić information content (AvgIpc) is 2.34. The van der Waals surface area contributed by atoms with E-state index < -0.39 is 0 Å². The minimum atomic E-state index is 0.509. The van der Waals surface area contributed by atoms with E-state index in [9.17, 15) is 0 Å². The molecular weight excluding hydrogens is 250 g/mol. The predicted octanol–water partition coefficient (Wildman–Crippen LogP) is 4.26. The van der Waals surface area contributed by atoms with Gasteiger partial charge < -0.3 is 5.73 Å². The summed E-state index contributed by atoms with van der Waals surface area (Å²) in [5.41, 5.74) is 8.10. The van der Waals surface area contributed by atoms with Crippen LogP contribution in [0.15, 0.2) is 52.3 Å². The summed E-state index contributed by atoms with van der Waals surface area (Å²) in [7, 11) is 0. The minimum absolute atomic E-state index is 0.509. The van der Waals surface area contributed by atoms with E-state index in [1.807, 2.05) is 30.3 Å². The van der Waals surface area contributed by atoms with Crippen LogP contribution in [0.2, 0.25) is 5.02 Å². The first-order valence-electron chi connectivity index (χ1n) is 5.42. The number of hydrogen-bond acceptors (Lipinski definition) is 2. The Kier molecular flexibility index (Phi) is 4.11. The largest absolute Gasteiger partial charge is 0.326 e. The normalized spacial score (nSPS) is 10.5. The first-order chi connectivity index (χ1) is 8.20. The van der Waals surface area contributed by atoms with Crippen molar-refractivity contribution in [1.82, 2.24) is 0 Å². The fourth-order valence-electron chi connectivity index (χ4n) is 1.60. The summed E-state index contributed by atoms with van der Waals surface area (Å²) in [5, 5.41) is 0.736. The van der Waals surface area contributed by atoms with Crippen molar-refractivity contribution in [3.8, 4) is 0 Å². The van der Waals surface area contributed by atoms with E-state index in [0.29, 0.717) is 6.54 Å². The van der Waals surface area contributed by atoms with E-state index in [1.54, 1.807) is 11.8 Å². The van der Waals surface area contributed by atoms with Crippen LogP contribution in [0.25, 0.3) is 0 Å². The summed E-state index contributed by atoms with van der Waals surface area (Å²) in [5.74, 6) is 0. The van der Waals surface area contributed by atoms with E-state index in [4.69, 9.17) is 17.3 Å². The molecule has 0 bridgehead atoms. The van der Waals surface area contributed by atoms with Gasteiger partial charge in [0.1, 0.15) is 0 Å². The second-order valence-corrected chi connectivity index (χ2v) is 5.34. The van der Waals surface area contributed by atoms with E-state index in [2.05, 4.69) is 19.1 Å². The molecule has 2 N–H and O–H groups in total. The SMILES string of the molecule is Cc1ccccc1Sc1ccc(Cl)cc1CN. The summed E-state index contributed by atoms with van der Waals surface area (Å²) in [6.07, 6.45) is 0. The molecule has 0 saturated heterocycles. The molecule has 0 aliphatic heterocycles. The smallest absolute Gasteiger partial charge is 0.0410 e. The molecule has 88 valence electrons. The van der Waals surface area contributed by atoms with E-state index in [0.717, 1.165) is 10.6 Å². The second kappa shape index (κ2) is 5.58. The fourth-order valence-corrected chi connectivity index (χ4v) is 2.81. The molecule has 0 heterocycles. The van der Waals surface area contributed by atoms with Crippen molar-refractivity contribution in [2.24, 2.45) is 5.73 Å². The van der Waals surface area contributed by atoms with Crippen LogP contribution in [0.1, 0.15) is 11.1 Å². The summed E-state index contributed by atoms with van der Waals surface area (Å²) in [6, 6.07) is 14.2. The molecule has 2 aromatic carbocycles. The summed E-state index contributed by atoms with van der Waals surface area (Å²) >= 11 is 7.70. The summed E-state index contributed by atoms with van der Waals surface area (Å²) in [6.45, 7) is 2.62. The Balaban J connectivity index is 2.33. The zero-order valence-electron chi connectivity index (χ0n) is 9.61. The molecule has 0 fully saturated rings. The fraction of sp³-hybridized carbons (Fsp3) is 0.143. The third-order valence-electron chi connectivity index (χ3n) is 2.56. The monoisotopic (exact) mass is 263 g/mol. The molecule has 0 saturated carbocycles. The Morgan fingerprint density at radius 2 is 1.88 bits per heavy atom. The van der Waals surface area contributed by atoms with Gasteiger partial charge in [-0.05, 0) is 42.3 Å². The van der Waals surface area contributed by atoms with Crippen molar-refractivity contribution >= 4 is 23.4 Å². The molecule has 0 spiro atoms. The lowest BCUT2D eigenvalue weighted by molar-refractivity contribution is 1.03. The maximum atomic E-state index is 5.97. The zero-order chi connectivity index (χ0) is 12.3. The Morgan fingerprint density at radius 3 is 2.59 bits per heavy atom. The third-order valence-corrected chi connectivity index (χ3v) is 4.09. The van der Waals surface area contributed by atoms with Gasteiger partial charge in [0.25, 0.3) is 0 Å². The molecular formula is C14H14ClNS. The van der Waals surface area contributed by atoms with Crippen LogP contribution in [0.3, 0.4) is 0 Å². The van der Waals surface area contributed by atoms with Crippen LogP contribution < -0.4 is 5.73 Å². The molecule has 1 nitrogen and oxygen atoms in total. The number of halogens is 1. The maximum Gasteiger partial charge on any atom is 0.0410 e. The van der Waals surface area contributed by atoms with Crippen LogP contribution in [-0.2, 0) is 6.54 Å². The Labute approximate surface area is 111 Å². The lowest BCUT2D eigenvalue weighted by atomic mass is 10.2. The van der Waals surface area contributed by atoms with Gasteiger partial charge in [-0.25, -0.2) is 0 Å². The van der Waals surface area contributed by atoms with Crippen LogP contribution in [-0.4, -0.2) is 0 Å². The van der Waals surface area contributed by atoms with Gasteiger partial charge in [-0.3, -0.25) is 0 Å². The third kappa shape index (κ3) is 3.03. The molecule has 0 radical (unpaired) electrons. The van der Waals surface area contributed by atoms with Crippen LogP contribution in [0, 0.1) is 6.92 Å². The molecule has 2 aromatic rings. The molecule has 3 heteroatoms. The van der Waals surface area contributed by atoms with Gasteiger partial charge in [-0.15, -0.1) is 0 Å². The lowest BCUT2D eigenvalue weighted by Crippen LogP contribution is -1.98. The molecule has 17 heavy (non-hydrogen) atoms. The average molecular weight is 264 g/mol. The number of hydrogen-bond donors (Lipinski definition) is 1. The summed E-state index contributed by atoms with van der Waals surface area (Å²) < 4.78 is 0. The van der Waals surface area contributed by atoms with Crippen molar-refractivity contribution in [3.63, 3.8) is 0 Å². The molecule has 0 amide bonds. The highest BCUT2D eigenvalue weighted by Crippen LogP contribution is 2.33. The highest BCUT2D eigenvalue weighted by Gasteiger charge is 2.05. The van der Waals surface area contributed by atoms with Crippen molar-refractivity contribution in [2.45, 2.75) is 23.3 Å². The van der Waals surface area contributed by atoms with E-state index in [1.165, 1.54) is 15.4 Å². The number of rotatable bonds is 3. The quantitative estimate of drug-likeness (QED) is 0.896. The highest BCUT2D eigenvalue weighted by molar-refractivity contribution is 7.99. The number of benzene rings is 2. The number of aryl methyl sites for hydroxylation is 1. The lowest BCUT2D eigenvalue weighted by Gasteiger charge is -2.09. The number of nitrogens with two attached hydrogens (primary N) is 1. The topological polar surface area (TPSA) is 26.0 Å². The summed E-state index contributed by atoms with van der Waals surface area (Å²) in [4.78, 5) is 2.43. The Morgan fingerprint density at radius 1 is 1.12 bits per heavy atom. The minimum Gasteiger partial charge on any atom is -0.326 e. The Hall–Kier alpha value is -0.960. The van der Waals surface area contributed by atoms with Gasteiger partial charge in [0.2, 0.25) is 0 Å². The Bertz CT molecular complexity index is 525. The highest BCUT2D eigenvalue weighted by atomic mass is 35.5. The molecule has 0 atom stereocenters. The van der Waals surface area contributed by atoms with Crippen molar-refractivity contribution < 1.29 is 0 Å². The van der Waals surface area contributed by atoms with Crippen LogP contribution >= 0.6 is 23.4 Å². The van der Waals surface area contributed by atoms with Gasteiger partial charge >= 0.3 is 0 Å². The standard InChI is InChI=1S/C14H14ClNS/c1-10-4-2-3-5-13(10)17-14-7-6-12(15)8-11(14)9-16/h2-8H,9,16H2,1H3. The van der Waals surface area contributed by atoms with Gasteiger partial charge in [-0.2, -0.15) is 0 Å². The molecule has 0 aliphatic rings. The molecule has 0 aromatic heterocycles. The van der Waals surface area contributed by atoms with Crippen molar-refractivity contribution in [3.05, 3.63) is 58.6 Å². The first kappa shape index (κ1) is 12.5. The zero-order valence-corrected chi connectivity index (χ0v) is 11.2. The van der Waals surface area contributed by atoms with Gasteiger partial charge in [0.05, 0.1) is 0 Å². The van der Waals surface area contributed by atoms with Crippen molar-refractivity contribution in [2.75, 3.05) is 0 Å².